The van der Waals surface area contributed by atoms with Crippen molar-refractivity contribution in [3.05, 3.63) is 48.6 Å². The maximum absolute atomic E-state index is 11.5. The van der Waals surface area contributed by atoms with Crippen molar-refractivity contribution in [3.63, 3.8) is 0 Å². The molecule has 1 aromatic carbocycles. The Balaban J connectivity index is 2.48. The number of nitrogens with one attached hydrogen (secondary N) is 2. The molecular weight excluding hydrogens is 260 g/mol. The van der Waals surface area contributed by atoms with Gasteiger partial charge in [0, 0.05) is 12.6 Å². The first-order valence-corrected chi connectivity index (χ1v) is 6.08. The number of hydrogen-bond acceptors (Lipinski definition) is 3. The average Bonchev–Trinajstić information content (AvgIpc) is 2.43. The van der Waals surface area contributed by atoms with Gasteiger partial charge in [-0.2, -0.15) is 0 Å². The summed E-state index contributed by atoms with van der Waals surface area (Å²) in [5.41, 5.74) is 0.904. The lowest BCUT2D eigenvalue weighted by Gasteiger charge is -2.04. The van der Waals surface area contributed by atoms with Crippen molar-refractivity contribution in [3.8, 4) is 5.75 Å². The lowest BCUT2D eigenvalue weighted by Crippen LogP contribution is -2.38. The van der Waals surface area contributed by atoms with Gasteiger partial charge in [0.25, 0.3) is 0 Å². The van der Waals surface area contributed by atoms with Crippen molar-refractivity contribution in [2.45, 2.75) is 0 Å². The smallest absolute Gasteiger partial charge is 0.250 e. The summed E-state index contributed by atoms with van der Waals surface area (Å²) in [6, 6.07) is 7.37. The van der Waals surface area contributed by atoms with Gasteiger partial charge in [-0.25, -0.2) is 0 Å². The van der Waals surface area contributed by atoms with Crippen molar-refractivity contribution >= 4 is 29.3 Å². The van der Waals surface area contributed by atoms with Crippen LogP contribution in [0.5, 0.6) is 5.75 Å². The number of methoxy groups -OCH3 is 1. The van der Waals surface area contributed by atoms with Crippen LogP contribution in [0.3, 0.4) is 0 Å². The van der Waals surface area contributed by atoms with Crippen LogP contribution in [-0.2, 0) is 4.79 Å². The summed E-state index contributed by atoms with van der Waals surface area (Å²) in [6.45, 7) is 4.06. The number of ether oxygens (including phenoxy) is 1. The van der Waals surface area contributed by atoms with E-state index < -0.39 is 0 Å². The first kappa shape index (κ1) is 14.9. The molecule has 2 N–H and O–H groups in total. The first-order chi connectivity index (χ1) is 9.15. The molecule has 0 atom stereocenters. The minimum Gasteiger partial charge on any atom is -0.497 e. The molecule has 0 heterocycles. The summed E-state index contributed by atoms with van der Waals surface area (Å²) >= 11 is 4.92. The molecule has 0 aliphatic rings. The Hall–Kier alpha value is -2.14. The molecular formula is C14H16N2O2S. The molecule has 19 heavy (non-hydrogen) atoms. The zero-order valence-corrected chi connectivity index (χ0v) is 11.5. The minimum absolute atomic E-state index is 0.280. The van der Waals surface area contributed by atoms with E-state index in [4.69, 9.17) is 17.0 Å². The lowest BCUT2D eigenvalue weighted by molar-refractivity contribution is -0.115. The largest absolute Gasteiger partial charge is 0.497 e. The van der Waals surface area contributed by atoms with Gasteiger partial charge in [-0.05, 0) is 36.0 Å². The highest BCUT2D eigenvalue weighted by atomic mass is 32.1. The average molecular weight is 276 g/mol. The maximum atomic E-state index is 11.5. The zero-order chi connectivity index (χ0) is 14.1. The van der Waals surface area contributed by atoms with Crippen molar-refractivity contribution in [2.24, 2.45) is 0 Å². The van der Waals surface area contributed by atoms with Crippen LogP contribution in [-0.4, -0.2) is 24.7 Å². The monoisotopic (exact) mass is 276 g/mol. The van der Waals surface area contributed by atoms with Gasteiger partial charge < -0.3 is 10.1 Å². The third-order valence-corrected chi connectivity index (χ3v) is 2.43. The Morgan fingerprint density at radius 2 is 2.11 bits per heavy atom. The Kier molecular flexibility index (Phi) is 6.32. The van der Waals surface area contributed by atoms with E-state index in [1.165, 1.54) is 6.08 Å². The molecule has 0 bridgehead atoms. The number of benzene rings is 1. The standard InChI is InChI=1S/C14H16N2O2S/c1-3-10-15-14(19)16-13(17)9-6-11-4-7-12(18-2)8-5-11/h3-9H,1,10H2,2H3,(H2,15,16,17,19). The van der Waals surface area contributed by atoms with Gasteiger partial charge in [0.1, 0.15) is 5.75 Å². The van der Waals surface area contributed by atoms with E-state index in [0.29, 0.717) is 6.54 Å². The van der Waals surface area contributed by atoms with Crippen LogP contribution in [0.4, 0.5) is 0 Å². The first-order valence-electron chi connectivity index (χ1n) is 5.67. The Morgan fingerprint density at radius 3 is 2.68 bits per heavy atom. The summed E-state index contributed by atoms with van der Waals surface area (Å²) in [4.78, 5) is 11.5. The molecule has 0 spiro atoms. The van der Waals surface area contributed by atoms with Crippen LogP contribution in [0.2, 0.25) is 0 Å². The second-order valence-electron chi connectivity index (χ2n) is 3.59. The summed E-state index contributed by atoms with van der Waals surface area (Å²) in [5, 5.41) is 5.62. The predicted molar refractivity (Wildman–Crippen MR) is 81.0 cm³/mol. The second-order valence-corrected chi connectivity index (χ2v) is 4.00. The predicted octanol–water partition coefficient (Wildman–Crippen LogP) is 1.89. The van der Waals surface area contributed by atoms with Gasteiger partial charge >= 0.3 is 0 Å². The van der Waals surface area contributed by atoms with Crippen LogP contribution in [0.15, 0.2) is 43.0 Å². The van der Waals surface area contributed by atoms with E-state index in [2.05, 4.69) is 17.2 Å². The molecule has 100 valence electrons. The SMILES string of the molecule is C=CCNC(=S)NC(=O)C=Cc1ccc(OC)cc1. The molecule has 0 aliphatic heterocycles. The Bertz CT molecular complexity index is 481. The van der Waals surface area contributed by atoms with E-state index in [1.54, 1.807) is 19.3 Å². The molecule has 0 radical (unpaired) electrons. The molecule has 5 heteroatoms. The highest BCUT2D eigenvalue weighted by Gasteiger charge is 1.98. The molecule has 0 fully saturated rings. The fourth-order valence-corrected chi connectivity index (χ4v) is 1.43. The number of carbonyl (C=O) groups is 1. The summed E-state index contributed by atoms with van der Waals surface area (Å²) in [5.74, 6) is 0.494. The van der Waals surface area contributed by atoms with Crippen molar-refractivity contribution in [1.29, 1.82) is 0 Å². The third kappa shape index (κ3) is 5.83. The number of carbonyl (C=O) groups excluding carboxylic acids is 1. The van der Waals surface area contributed by atoms with E-state index in [-0.39, 0.29) is 11.0 Å². The van der Waals surface area contributed by atoms with Gasteiger partial charge in [-0.3, -0.25) is 10.1 Å². The topological polar surface area (TPSA) is 50.4 Å². The molecule has 0 unspecified atom stereocenters. The highest BCUT2D eigenvalue weighted by Crippen LogP contribution is 2.11. The normalized spacial score (nSPS) is 9.95. The van der Waals surface area contributed by atoms with Crippen molar-refractivity contribution in [2.75, 3.05) is 13.7 Å². The van der Waals surface area contributed by atoms with E-state index in [1.807, 2.05) is 24.3 Å². The second kappa shape index (κ2) is 8.05. The quantitative estimate of drug-likeness (QED) is 0.490. The third-order valence-electron chi connectivity index (χ3n) is 2.19. The van der Waals surface area contributed by atoms with Crippen LogP contribution in [0.25, 0.3) is 6.08 Å². The Labute approximate surface area is 118 Å². The molecule has 4 nitrogen and oxygen atoms in total. The molecule has 1 rings (SSSR count). The molecule has 1 amide bonds. The number of hydrogen-bond donors (Lipinski definition) is 2. The van der Waals surface area contributed by atoms with Crippen molar-refractivity contribution in [1.82, 2.24) is 10.6 Å². The van der Waals surface area contributed by atoms with Gasteiger partial charge in [0.05, 0.1) is 7.11 Å². The summed E-state index contributed by atoms with van der Waals surface area (Å²) < 4.78 is 5.05. The molecule has 0 saturated heterocycles. The van der Waals surface area contributed by atoms with Gasteiger partial charge in [-0.1, -0.05) is 18.2 Å². The van der Waals surface area contributed by atoms with Crippen molar-refractivity contribution < 1.29 is 9.53 Å². The zero-order valence-electron chi connectivity index (χ0n) is 10.7. The van der Waals surface area contributed by atoms with Crippen LogP contribution < -0.4 is 15.4 Å². The van der Waals surface area contributed by atoms with Crippen LogP contribution >= 0.6 is 12.2 Å². The van der Waals surface area contributed by atoms with Gasteiger partial charge in [0.2, 0.25) is 5.91 Å². The Morgan fingerprint density at radius 1 is 1.42 bits per heavy atom. The van der Waals surface area contributed by atoms with Crippen LogP contribution in [0.1, 0.15) is 5.56 Å². The number of rotatable bonds is 5. The fraction of sp³-hybridized carbons (Fsp3) is 0.143. The molecule has 0 aromatic heterocycles. The summed E-state index contributed by atoms with van der Waals surface area (Å²) in [7, 11) is 1.61. The maximum Gasteiger partial charge on any atom is 0.250 e. The lowest BCUT2D eigenvalue weighted by atomic mass is 10.2. The van der Waals surface area contributed by atoms with Crippen LogP contribution in [0, 0.1) is 0 Å². The highest BCUT2D eigenvalue weighted by molar-refractivity contribution is 7.80. The van der Waals surface area contributed by atoms with Gasteiger partial charge in [-0.15, -0.1) is 6.58 Å². The molecule has 0 aliphatic carbocycles. The van der Waals surface area contributed by atoms with E-state index >= 15 is 0 Å². The van der Waals surface area contributed by atoms with E-state index in [0.717, 1.165) is 11.3 Å². The van der Waals surface area contributed by atoms with E-state index in [9.17, 15) is 4.79 Å². The van der Waals surface area contributed by atoms with Gasteiger partial charge in [0.15, 0.2) is 5.11 Å². The molecule has 1 aromatic rings. The summed E-state index contributed by atoms with van der Waals surface area (Å²) in [6.07, 6.45) is 4.78. The number of thiocarbonyl (C=S) groups is 1. The molecule has 0 saturated carbocycles. The number of amides is 1. The fourth-order valence-electron chi connectivity index (χ4n) is 1.25. The minimum atomic E-state index is -0.280.